The second kappa shape index (κ2) is 4.46. The van der Waals surface area contributed by atoms with Crippen molar-refractivity contribution in [3.8, 4) is 5.75 Å². The first-order chi connectivity index (χ1) is 8.74. The summed E-state index contributed by atoms with van der Waals surface area (Å²) in [6, 6.07) is 7.38. The molecule has 0 atom stereocenters. The van der Waals surface area contributed by atoms with Gasteiger partial charge in [0.25, 0.3) is 0 Å². The number of ketones is 1. The number of likely N-dealkylation sites (N-methyl/N-ethyl adjacent to an activating group) is 1. The minimum atomic E-state index is -0.00970. The lowest BCUT2D eigenvalue weighted by Crippen LogP contribution is -2.42. The number of hydrogen-bond acceptors (Lipinski definition) is 4. The maximum Gasteiger partial charge on any atom is 0.233 e. The van der Waals surface area contributed by atoms with Gasteiger partial charge in [0.15, 0.2) is 5.76 Å². The van der Waals surface area contributed by atoms with E-state index >= 15 is 0 Å². The van der Waals surface area contributed by atoms with Crippen LogP contribution in [0.2, 0.25) is 0 Å². The molecule has 2 aliphatic heterocycles. The molecule has 1 fully saturated rings. The second-order valence-electron chi connectivity index (χ2n) is 4.76. The zero-order valence-electron chi connectivity index (χ0n) is 10.4. The topological polar surface area (TPSA) is 32.8 Å². The minimum absolute atomic E-state index is 0.00970. The summed E-state index contributed by atoms with van der Waals surface area (Å²) in [5, 5.41) is 0. The van der Waals surface area contributed by atoms with Crippen molar-refractivity contribution in [1.29, 1.82) is 0 Å². The molecule has 1 aromatic rings. The first kappa shape index (κ1) is 11.3. The largest absolute Gasteiger partial charge is 0.451 e. The molecule has 0 spiro atoms. The molecule has 0 N–H and O–H groups in total. The number of carbonyl (C=O) groups excluding carboxylic acids is 1. The fraction of sp³-hybridized carbons (Fsp3) is 0.357. The summed E-state index contributed by atoms with van der Waals surface area (Å²) in [7, 11) is 2.11. The summed E-state index contributed by atoms with van der Waals surface area (Å²) in [6.07, 6.45) is 1.86. The summed E-state index contributed by atoms with van der Waals surface area (Å²) in [4.78, 5) is 16.5. The van der Waals surface area contributed by atoms with Gasteiger partial charge in [-0.05, 0) is 19.2 Å². The Morgan fingerprint density at radius 2 is 1.89 bits per heavy atom. The average molecular weight is 244 g/mol. The van der Waals surface area contributed by atoms with Gasteiger partial charge in [0, 0.05) is 32.4 Å². The number of nitrogens with zero attached hydrogens (tertiary/aromatic N) is 2. The molecule has 1 aromatic carbocycles. The first-order valence-electron chi connectivity index (χ1n) is 6.20. The van der Waals surface area contributed by atoms with Gasteiger partial charge < -0.3 is 14.5 Å². The standard InChI is InChI=1S/C14H16N2O2/c1-15-6-8-16(9-7-15)10-13-14(17)11-4-2-3-5-12(11)18-13/h2-5,10H,6-9H2,1H3/b13-10-. The molecule has 94 valence electrons. The van der Waals surface area contributed by atoms with E-state index in [1.54, 1.807) is 0 Å². The Hall–Kier alpha value is -1.81. The smallest absolute Gasteiger partial charge is 0.233 e. The Kier molecular flexibility index (Phi) is 2.80. The maximum atomic E-state index is 12.1. The highest BCUT2D eigenvalue weighted by Crippen LogP contribution is 2.30. The number of allylic oxidation sites excluding steroid dienone is 1. The van der Waals surface area contributed by atoms with Gasteiger partial charge in [-0.1, -0.05) is 12.1 Å². The number of carbonyl (C=O) groups is 1. The minimum Gasteiger partial charge on any atom is -0.451 e. The Labute approximate surface area is 106 Å². The fourth-order valence-corrected chi connectivity index (χ4v) is 2.24. The molecule has 0 aromatic heterocycles. The lowest BCUT2D eigenvalue weighted by Gasteiger charge is -2.31. The van der Waals surface area contributed by atoms with Crippen molar-refractivity contribution in [3.63, 3.8) is 0 Å². The molecule has 0 unspecified atom stereocenters. The number of Topliss-reactive ketones (excluding diaryl/α,β-unsaturated/α-hetero) is 1. The van der Waals surface area contributed by atoms with Crippen LogP contribution in [0.5, 0.6) is 5.75 Å². The van der Waals surface area contributed by atoms with E-state index in [2.05, 4.69) is 16.8 Å². The Bertz CT molecular complexity index is 502. The number of rotatable bonds is 1. The SMILES string of the molecule is CN1CCN(/C=C2\Oc3ccccc3C2=O)CC1. The van der Waals surface area contributed by atoms with E-state index in [4.69, 9.17) is 4.74 Å². The van der Waals surface area contributed by atoms with Crippen molar-refractivity contribution in [2.75, 3.05) is 33.2 Å². The molecule has 4 nitrogen and oxygen atoms in total. The first-order valence-corrected chi connectivity index (χ1v) is 6.20. The van der Waals surface area contributed by atoms with E-state index in [1.807, 2.05) is 30.5 Å². The molecular weight excluding hydrogens is 228 g/mol. The second-order valence-corrected chi connectivity index (χ2v) is 4.76. The number of piperazine rings is 1. The van der Waals surface area contributed by atoms with Crippen molar-refractivity contribution in [2.45, 2.75) is 0 Å². The van der Waals surface area contributed by atoms with Gasteiger partial charge >= 0.3 is 0 Å². The van der Waals surface area contributed by atoms with Gasteiger partial charge in [-0.3, -0.25) is 4.79 Å². The molecule has 2 heterocycles. The third-order valence-corrected chi connectivity index (χ3v) is 3.41. The van der Waals surface area contributed by atoms with E-state index in [0.717, 1.165) is 26.2 Å². The van der Waals surface area contributed by atoms with Crippen LogP contribution in [0.1, 0.15) is 10.4 Å². The fourth-order valence-electron chi connectivity index (χ4n) is 2.24. The van der Waals surface area contributed by atoms with Gasteiger partial charge in [-0.15, -0.1) is 0 Å². The van der Waals surface area contributed by atoms with Crippen LogP contribution in [-0.4, -0.2) is 48.8 Å². The maximum absolute atomic E-state index is 12.1. The van der Waals surface area contributed by atoms with Gasteiger partial charge in [0.1, 0.15) is 5.75 Å². The predicted molar refractivity (Wildman–Crippen MR) is 68.6 cm³/mol. The summed E-state index contributed by atoms with van der Waals surface area (Å²) < 4.78 is 5.61. The van der Waals surface area contributed by atoms with Crippen LogP contribution in [0.15, 0.2) is 36.2 Å². The highest BCUT2D eigenvalue weighted by atomic mass is 16.5. The number of para-hydroxylation sites is 1. The summed E-state index contributed by atoms with van der Waals surface area (Å²) in [5.41, 5.74) is 0.665. The molecule has 0 aliphatic carbocycles. The third-order valence-electron chi connectivity index (χ3n) is 3.41. The lowest BCUT2D eigenvalue weighted by atomic mass is 10.1. The van der Waals surface area contributed by atoms with Crippen LogP contribution >= 0.6 is 0 Å². The quantitative estimate of drug-likeness (QED) is 0.698. The molecule has 0 amide bonds. The Morgan fingerprint density at radius 3 is 2.61 bits per heavy atom. The van der Waals surface area contributed by atoms with Crippen LogP contribution in [0.4, 0.5) is 0 Å². The molecule has 1 saturated heterocycles. The highest BCUT2D eigenvalue weighted by Gasteiger charge is 2.27. The van der Waals surface area contributed by atoms with Crippen LogP contribution < -0.4 is 4.74 Å². The van der Waals surface area contributed by atoms with Crippen molar-refractivity contribution >= 4 is 5.78 Å². The molecule has 4 heteroatoms. The van der Waals surface area contributed by atoms with Crippen LogP contribution in [-0.2, 0) is 0 Å². The van der Waals surface area contributed by atoms with Crippen molar-refractivity contribution in [1.82, 2.24) is 9.80 Å². The third kappa shape index (κ3) is 1.99. The van der Waals surface area contributed by atoms with E-state index < -0.39 is 0 Å². The van der Waals surface area contributed by atoms with Gasteiger partial charge in [-0.2, -0.15) is 0 Å². The predicted octanol–water partition coefficient (Wildman–Crippen LogP) is 1.35. The number of benzene rings is 1. The number of ether oxygens (including phenoxy) is 1. The zero-order valence-corrected chi connectivity index (χ0v) is 10.4. The van der Waals surface area contributed by atoms with Crippen LogP contribution in [0.3, 0.4) is 0 Å². The number of fused-ring (bicyclic) bond motifs is 1. The average Bonchev–Trinajstić information content (AvgIpc) is 2.70. The van der Waals surface area contributed by atoms with Crippen LogP contribution in [0.25, 0.3) is 0 Å². The molecule has 0 saturated carbocycles. The molecular formula is C14H16N2O2. The molecule has 2 aliphatic rings. The van der Waals surface area contributed by atoms with E-state index in [1.165, 1.54) is 0 Å². The van der Waals surface area contributed by atoms with Gasteiger partial charge in [0.05, 0.1) is 5.56 Å². The summed E-state index contributed by atoms with van der Waals surface area (Å²) in [5.74, 6) is 1.10. The molecule has 3 rings (SSSR count). The van der Waals surface area contributed by atoms with Crippen LogP contribution in [0, 0.1) is 0 Å². The zero-order chi connectivity index (χ0) is 12.5. The van der Waals surface area contributed by atoms with E-state index in [0.29, 0.717) is 17.1 Å². The summed E-state index contributed by atoms with van der Waals surface area (Å²) >= 11 is 0. The molecule has 18 heavy (non-hydrogen) atoms. The van der Waals surface area contributed by atoms with E-state index in [-0.39, 0.29) is 5.78 Å². The Balaban J connectivity index is 1.78. The highest BCUT2D eigenvalue weighted by molar-refractivity contribution is 6.12. The normalized spacial score (nSPS) is 22.2. The number of hydrogen-bond donors (Lipinski definition) is 0. The molecule has 0 bridgehead atoms. The van der Waals surface area contributed by atoms with E-state index in [9.17, 15) is 4.79 Å². The van der Waals surface area contributed by atoms with Gasteiger partial charge in [0.2, 0.25) is 5.78 Å². The lowest BCUT2D eigenvalue weighted by molar-refractivity contribution is 0.101. The monoisotopic (exact) mass is 244 g/mol. The van der Waals surface area contributed by atoms with Crippen molar-refractivity contribution in [2.24, 2.45) is 0 Å². The summed E-state index contributed by atoms with van der Waals surface area (Å²) in [6.45, 7) is 3.91. The Morgan fingerprint density at radius 1 is 1.17 bits per heavy atom. The molecule has 0 radical (unpaired) electrons. The van der Waals surface area contributed by atoms with Crippen molar-refractivity contribution < 1.29 is 9.53 Å². The van der Waals surface area contributed by atoms with Gasteiger partial charge in [-0.25, -0.2) is 0 Å². The van der Waals surface area contributed by atoms with Crippen molar-refractivity contribution in [3.05, 3.63) is 41.8 Å².